The second-order valence-corrected chi connectivity index (χ2v) is 7.35. The van der Waals surface area contributed by atoms with E-state index in [1.54, 1.807) is 45.0 Å². The molecule has 0 saturated carbocycles. The van der Waals surface area contributed by atoms with E-state index < -0.39 is 40.3 Å². The van der Waals surface area contributed by atoms with Crippen molar-refractivity contribution in [3.8, 4) is 5.75 Å². The summed E-state index contributed by atoms with van der Waals surface area (Å²) in [5.74, 6) is -1.85. The van der Waals surface area contributed by atoms with Gasteiger partial charge in [0.1, 0.15) is 11.5 Å². The van der Waals surface area contributed by atoms with E-state index in [-0.39, 0.29) is 0 Å². The lowest BCUT2D eigenvalue weighted by atomic mass is 10.1. The van der Waals surface area contributed by atoms with Crippen molar-refractivity contribution >= 4 is 21.9 Å². The van der Waals surface area contributed by atoms with Crippen LogP contribution in [0.25, 0.3) is 0 Å². The third kappa shape index (κ3) is 6.71. The van der Waals surface area contributed by atoms with Crippen LogP contribution in [0.3, 0.4) is 0 Å². The van der Waals surface area contributed by atoms with E-state index in [4.69, 9.17) is 9.84 Å². The Morgan fingerprint density at radius 3 is 2.24 bits per heavy atom. The molecule has 1 unspecified atom stereocenters. The molecule has 1 aromatic rings. The average Bonchev–Trinajstić information content (AvgIpc) is 2.53. The summed E-state index contributed by atoms with van der Waals surface area (Å²) < 4.78 is 30.5. The summed E-state index contributed by atoms with van der Waals surface area (Å²) in [7, 11) is -3.63. The molecule has 1 amide bonds. The monoisotopic (exact) mass is 372 g/mol. The number of sulfonamides is 1. The summed E-state index contributed by atoms with van der Waals surface area (Å²) in [5, 5.41) is 11.2. The summed E-state index contributed by atoms with van der Waals surface area (Å²) in [6.45, 7) is 5.37. The van der Waals surface area contributed by atoms with Gasteiger partial charge in [-0.25, -0.2) is 17.5 Å². The highest BCUT2D eigenvalue weighted by atomic mass is 32.2. The van der Waals surface area contributed by atoms with Crippen molar-refractivity contribution in [3.05, 3.63) is 29.8 Å². The van der Waals surface area contributed by atoms with Gasteiger partial charge in [-0.3, -0.25) is 4.79 Å². The molecule has 8 nitrogen and oxygen atoms in total. The van der Waals surface area contributed by atoms with Gasteiger partial charge in [0.15, 0.2) is 6.61 Å². The standard InChI is InChI=1S/C16H24N2O6S/c1-4-18(5-2)25(22,23)11-15(19)17-12(3)13-6-8-14(9-7-13)24-10-16(20)21/h6-9,12H,4-5,10-11H2,1-3H3,(H,17,19)(H,20,21). The first kappa shape index (κ1) is 20.9. The molecular formula is C16H24N2O6S. The zero-order valence-electron chi connectivity index (χ0n) is 14.6. The number of aliphatic carboxylic acids is 1. The van der Waals surface area contributed by atoms with Gasteiger partial charge in [-0.2, -0.15) is 0 Å². The zero-order valence-corrected chi connectivity index (χ0v) is 15.4. The molecule has 9 heteroatoms. The second-order valence-electron chi connectivity index (χ2n) is 5.38. The number of nitrogens with one attached hydrogen (secondary N) is 1. The van der Waals surface area contributed by atoms with Crippen molar-refractivity contribution < 1.29 is 27.9 Å². The predicted molar refractivity (Wildman–Crippen MR) is 92.8 cm³/mol. The highest BCUT2D eigenvalue weighted by Gasteiger charge is 2.23. The summed E-state index contributed by atoms with van der Waals surface area (Å²) in [4.78, 5) is 22.5. The third-order valence-corrected chi connectivity index (χ3v) is 5.46. The fraction of sp³-hybridized carbons (Fsp3) is 0.500. The van der Waals surface area contributed by atoms with Gasteiger partial charge in [0.2, 0.25) is 15.9 Å². The van der Waals surface area contributed by atoms with Crippen LogP contribution in [0.2, 0.25) is 0 Å². The summed E-state index contributed by atoms with van der Waals surface area (Å²) >= 11 is 0. The van der Waals surface area contributed by atoms with Gasteiger partial charge in [0, 0.05) is 13.1 Å². The maximum absolute atomic E-state index is 12.1. The Bertz CT molecular complexity index is 683. The molecule has 1 atom stereocenters. The normalized spacial score (nSPS) is 12.6. The van der Waals surface area contributed by atoms with Gasteiger partial charge < -0.3 is 15.2 Å². The Morgan fingerprint density at radius 1 is 1.20 bits per heavy atom. The first-order chi connectivity index (χ1) is 11.7. The summed E-state index contributed by atoms with van der Waals surface area (Å²) in [6.07, 6.45) is 0. The van der Waals surface area contributed by atoms with Crippen LogP contribution in [0.5, 0.6) is 5.75 Å². The van der Waals surface area contributed by atoms with Gasteiger partial charge in [-0.15, -0.1) is 0 Å². The molecule has 140 valence electrons. The lowest BCUT2D eigenvalue weighted by Gasteiger charge is -2.19. The molecule has 0 aromatic heterocycles. The number of nitrogens with zero attached hydrogens (tertiary/aromatic N) is 1. The quantitative estimate of drug-likeness (QED) is 0.633. The number of amides is 1. The molecule has 0 fully saturated rings. The molecular weight excluding hydrogens is 348 g/mol. The number of hydrogen-bond donors (Lipinski definition) is 2. The van der Waals surface area contributed by atoms with Crippen molar-refractivity contribution in [2.24, 2.45) is 0 Å². The number of carboxylic acid groups (broad SMARTS) is 1. The van der Waals surface area contributed by atoms with Crippen LogP contribution in [0.1, 0.15) is 32.4 Å². The van der Waals surface area contributed by atoms with Crippen molar-refractivity contribution in [3.63, 3.8) is 0 Å². The van der Waals surface area contributed by atoms with Crippen LogP contribution in [-0.2, 0) is 19.6 Å². The maximum Gasteiger partial charge on any atom is 0.341 e. The highest BCUT2D eigenvalue weighted by Crippen LogP contribution is 2.17. The minimum Gasteiger partial charge on any atom is -0.482 e. The highest BCUT2D eigenvalue weighted by molar-refractivity contribution is 7.89. The molecule has 1 rings (SSSR count). The van der Waals surface area contributed by atoms with E-state index >= 15 is 0 Å². The van der Waals surface area contributed by atoms with E-state index in [0.717, 1.165) is 5.56 Å². The summed E-state index contributed by atoms with van der Waals surface area (Å²) in [6, 6.07) is 6.15. The Morgan fingerprint density at radius 2 is 1.76 bits per heavy atom. The smallest absolute Gasteiger partial charge is 0.341 e. The molecule has 2 N–H and O–H groups in total. The second kappa shape index (κ2) is 9.38. The molecule has 0 aliphatic rings. The average molecular weight is 372 g/mol. The molecule has 0 radical (unpaired) electrons. The maximum atomic E-state index is 12.1. The number of ether oxygens (including phenoxy) is 1. The molecule has 0 saturated heterocycles. The van der Waals surface area contributed by atoms with E-state index in [0.29, 0.717) is 18.8 Å². The minimum atomic E-state index is -3.63. The van der Waals surface area contributed by atoms with Crippen LogP contribution >= 0.6 is 0 Å². The number of hydrogen-bond acceptors (Lipinski definition) is 5. The fourth-order valence-corrected chi connectivity index (χ4v) is 3.62. The first-order valence-electron chi connectivity index (χ1n) is 7.91. The molecule has 25 heavy (non-hydrogen) atoms. The van der Waals surface area contributed by atoms with Gasteiger partial charge in [0.05, 0.1) is 6.04 Å². The molecule has 0 aliphatic carbocycles. The van der Waals surface area contributed by atoms with Crippen LogP contribution in [0.15, 0.2) is 24.3 Å². The van der Waals surface area contributed by atoms with Crippen molar-refractivity contribution in [1.29, 1.82) is 0 Å². The molecule has 0 heterocycles. The van der Waals surface area contributed by atoms with Crippen LogP contribution in [0.4, 0.5) is 0 Å². The number of carbonyl (C=O) groups excluding carboxylic acids is 1. The third-order valence-electron chi connectivity index (χ3n) is 3.53. The Kier molecular flexibility index (Phi) is 7.85. The largest absolute Gasteiger partial charge is 0.482 e. The van der Waals surface area contributed by atoms with E-state index in [9.17, 15) is 18.0 Å². The lowest BCUT2D eigenvalue weighted by molar-refractivity contribution is -0.139. The topological polar surface area (TPSA) is 113 Å². The van der Waals surface area contributed by atoms with Gasteiger partial charge in [0.25, 0.3) is 0 Å². The van der Waals surface area contributed by atoms with E-state index in [1.807, 2.05) is 0 Å². The number of carbonyl (C=O) groups is 2. The predicted octanol–water partition coefficient (Wildman–Crippen LogP) is 0.999. The van der Waals surface area contributed by atoms with Crippen LogP contribution in [-0.4, -0.2) is 55.2 Å². The molecule has 0 spiro atoms. The van der Waals surface area contributed by atoms with Crippen molar-refractivity contribution in [2.45, 2.75) is 26.8 Å². The van der Waals surface area contributed by atoms with Gasteiger partial charge >= 0.3 is 5.97 Å². The van der Waals surface area contributed by atoms with Gasteiger partial charge in [-0.05, 0) is 24.6 Å². The minimum absolute atomic E-state index is 0.319. The number of carboxylic acids is 1. The SMILES string of the molecule is CCN(CC)S(=O)(=O)CC(=O)NC(C)c1ccc(OCC(=O)O)cc1. The van der Waals surface area contributed by atoms with Crippen molar-refractivity contribution in [1.82, 2.24) is 9.62 Å². The van der Waals surface area contributed by atoms with Crippen LogP contribution in [0, 0.1) is 0 Å². The number of rotatable bonds is 10. The first-order valence-corrected chi connectivity index (χ1v) is 9.52. The Hall–Kier alpha value is -2.13. The molecule has 0 bridgehead atoms. The Balaban J connectivity index is 2.64. The summed E-state index contributed by atoms with van der Waals surface area (Å²) in [5.41, 5.74) is 0.747. The molecule has 0 aliphatic heterocycles. The Labute approximate surface area is 147 Å². The zero-order chi connectivity index (χ0) is 19.0. The number of benzene rings is 1. The molecule has 1 aromatic carbocycles. The fourth-order valence-electron chi connectivity index (χ4n) is 2.24. The van der Waals surface area contributed by atoms with E-state index in [2.05, 4.69) is 5.32 Å². The van der Waals surface area contributed by atoms with Crippen LogP contribution < -0.4 is 10.1 Å². The lowest BCUT2D eigenvalue weighted by Crippen LogP contribution is -2.39. The van der Waals surface area contributed by atoms with E-state index in [1.165, 1.54) is 4.31 Å². The van der Waals surface area contributed by atoms with Crippen molar-refractivity contribution in [2.75, 3.05) is 25.4 Å². The van der Waals surface area contributed by atoms with Gasteiger partial charge in [-0.1, -0.05) is 26.0 Å².